The molecule has 1 aromatic carbocycles. The van der Waals surface area contributed by atoms with Crippen molar-refractivity contribution < 1.29 is 9.59 Å². The fourth-order valence-electron chi connectivity index (χ4n) is 1.85. The standard InChI is InChI=1S/C15H23N2O2PS2/c1-16-15(19)14-6-4-3-5-12(14)11-22-8-7-20(2)17-13(9-18)10-21/h3-6,9,13,17,21H,7-8,10-11H2,1-2H3,(H,16,19)/t13-,20?/m1/s1. The van der Waals surface area contributed by atoms with Gasteiger partial charge in [-0.15, -0.1) is 0 Å². The third-order valence-corrected chi connectivity index (χ3v) is 6.44. The Labute approximate surface area is 143 Å². The van der Waals surface area contributed by atoms with Crippen LogP contribution < -0.4 is 10.4 Å². The van der Waals surface area contributed by atoms with Crippen molar-refractivity contribution in [3.8, 4) is 0 Å². The Balaban J connectivity index is 2.39. The predicted molar refractivity (Wildman–Crippen MR) is 101 cm³/mol. The van der Waals surface area contributed by atoms with E-state index in [1.807, 2.05) is 36.0 Å². The van der Waals surface area contributed by atoms with Crippen LogP contribution in [-0.4, -0.2) is 49.6 Å². The number of aldehydes is 1. The van der Waals surface area contributed by atoms with Crippen LogP contribution in [0.1, 0.15) is 15.9 Å². The van der Waals surface area contributed by atoms with Gasteiger partial charge in [0.25, 0.3) is 5.91 Å². The van der Waals surface area contributed by atoms with Crippen LogP contribution in [0.2, 0.25) is 0 Å². The van der Waals surface area contributed by atoms with Crippen molar-refractivity contribution in [1.29, 1.82) is 0 Å². The van der Waals surface area contributed by atoms with Crippen molar-refractivity contribution in [1.82, 2.24) is 10.4 Å². The average Bonchev–Trinajstić information content (AvgIpc) is 2.56. The maximum atomic E-state index is 11.8. The molecule has 0 aromatic heterocycles. The molecule has 122 valence electrons. The molecule has 22 heavy (non-hydrogen) atoms. The summed E-state index contributed by atoms with van der Waals surface area (Å²) in [6, 6.07) is 7.53. The molecule has 0 bridgehead atoms. The van der Waals surface area contributed by atoms with Gasteiger partial charge in [-0.1, -0.05) is 18.2 Å². The summed E-state index contributed by atoms with van der Waals surface area (Å²) in [5, 5.41) is 5.97. The number of carbonyl (C=O) groups excluding carboxylic acids is 2. The highest BCUT2D eigenvalue weighted by atomic mass is 32.2. The van der Waals surface area contributed by atoms with Crippen molar-refractivity contribution in [3.63, 3.8) is 0 Å². The Morgan fingerprint density at radius 2 is 2.18 bits per heavy atom. The van der Waals surface area contributed by atoms with Crippen molar-refractivity contribution in [2.24, 2.45) is 0 Å². The quantitative estimate of drug-likeness (QED) is 0.260. The fraction of sp³-hybridized carbons (Fsp3) is 0.467. The second-order valence-electron chi connectivity index (χ2n) is 4.76. The molecule has 0 heterocycles. The van der Waals surface area contributed by atoms with Gasteiger partial charge in [0.05, 0.1) is 6.04 Å². The smallest absolute Gasteiger partial charge is 0.251 e. The largest absolute Gasteiger partial charge is 0.355 e. The Kier molecular flexibility index (Phi) is 9.80. The zero-order chi connectivity index (χ0) is 16.4. The van der Waals surface area contributed by atoms with Crippen molar-refractivity contribution in [2.45, 2.75) is 11.8 Å². The van der Waals surface area contributed by atoms with Crippen LogP contribution in [0.3, 0.4) is 0 Å². The lowest BCUT2D eigenvalue weighted by Gasteiger charge is -2.17. The highest BCUT2D eigenvalue weighted by molar-refractivity contribution is 7.98. The van der Waals surface area contributed by atoms with Crippen LogP contribution in [0.4, 0.5) is 0 Å². The molecule has 0 aliphatic heterocycles. The lowest BCUT2D eigenvalue weighted by atomic mass is 10.1. The topological polar surface area (TPSA) is 58.2 Å². The summed E-state index contributed by atoms with van der Waals surface area (Å²) < 4.78 is 0. The molecule has 0 fully saturated rings. The van der Waals surface area contributed by atoms with E-state index in [2.05, 4.69) is 29.7 Å². The Morgan fingerprint density at radius 1 is 1.45 bits per heavy atom. The first kappa shape index (κ1) is 19.5. The van der Waals surface area contributed by atoms with Gasteiger partial charge in [0.2, 0.25) is 0 Å². The number of nitrogens with one attached hydrogen (secondary N) is 2. The van der Waals surface area contributed by atoms with Crippen molar-refractivity contribution >= 4 is 44.7 Å². The monoisotopic (exact) mass is 358 g/mol. The summed E-state index contributed by atoms with van der Waals surface area (Å²) in [5.41, 5.74) is 1.80. The zero-order valence-electron chi connectivity index (χ0n) is 12.9. The van der Waals surface area contributed by atoms with Crippen LogP contribution in [0.5, 0.6) is 0 Å². The maximum Gasteiger partial charge on any atom is 0.251 e. The number of thioether (sulfide) groups is 1. The molecular weight excluding hydrogens is 335 g/mol. The first-order chi connectivity index (χ1) is 10.6. The number of amides is 1. The molecule has 1 unspecified atom stereocenters. The van der Waals surface area contributed by atoms with Crippen molar-refractivity contribution in [2.75, 3.05) is 31.4 Å². The minimum Gasteiger partial charge on any atom is -0.355 e. The van der Waals surface area contributed by atoms with Gasteiger partial charge in [-0.2, -0.15) is 24.4 Å². The summed E-state index contributed by atoms with van der Waals surface area (Å²) in [6.45, 7) is 2.13. The van der Waals surface area contributed by atoms with E-state index in [4.69, 9.17) is 0 Å². The van der Waals surface area contributed by atoms with E-state index >= 15 is 0 Å². The predicted octanol–water partition coefficient (Wildman–Crippen LogP) is 2.39. The van der Waals surface area contributed by atoms with Gasteiger partial charge in [-0.05, 0) is 38.3 Å². The molecule has 4 nitrogen and oxygen atoms in total. The Hall–Kier alpha value is -0.550. The highest BCUT2D eigenvalue weighted by Gasteiger charge is 2.11. The molecule has 0 saturated carbocycles. The minimum absolute atomic E-state index is 0.0433. The van der Waals surface area contributed by atoms with Gasteiger partial charge in [0, 0.05) is 24.1 Å². The third kappa shape index (κ3) is 6.69. The molecule has 1 aromatic rings. The molecule has 7 heteroatoms. The molecule has 0 aliphatic carbocycles. The van der Waals surface area contributed by atoms with Crippen molar-refractivity contribution in [3.05, 3.63) is 35.4 Å². The number of hydrogen-bond acceptors (Lipinski definition) is 5. The van der Waals surface area contributed by atoms with E-state index < -0.39 is 0 Å². The molecule has 0 spiro atoms. The van der Waals surface area contributed by atoms with Crippen LogP contribution in [0.25, 0.3) is 0 Å². The van der Waals surface area contributed by atoms with Gasteiger partial charge in [-0.25, -0.2) is 0 Å². The second kappa shape index (κ2) is 11.1. The first-order valence-electron chi connectivity index (χ1n) is 7.03. The second-order valence-corrected chi connectivity index (χ2v) is 8.34. The maximum absolute atomic E-state index is 11.8. The Morgan fingerprint density at radius 3 is 2.82 bits per heavy atom. The highest BCUT2D eigenvalue weighted by Crippen LogP contribution is 2.28. The number of carbonyl (C=O) groups is 2. The van der Waals surface area contributed by atoms with Crippen LogP contribution in [0, 0.1) is 0 Å². The van der Waals surface area contributed by atoms with E-state index in [0.717, 1.165) is 35.1 Å². The van der Waals surface area contributed by atoms with Gasteiger partial charge >= 0.3 is 0 Å². The van der Waals surface area contributed by atoms with Gasteiger partial charge < -0.3 is 10.1 Å². The van der Waals surface area contributed by atoms with Gasteiger partial charge in [-0.3, -0.25) is 9.88 Å². The number of rotatable bonds is 10. The molecule has 1 amide bonds. The van der Waals surface area contributed by atoms with Crippen LogP contribution in [-0.2, 0) is 10.5 Å². The van der Waals surface area contributed by atoms with Crippen LogP contribution >= 0.6 is 32.5 Å². The van der Waals surface area contributed by atoms with Crippen LogP contribution in [0.15, 0.2) is 24.3 Å². The van der Waals surface area contributed by atoms with E-state index in [-0.39, 0.29) is 20.0 Å². The number of hydrogen-bond donors (Lipinski definition) is 3. The van der Waals surface area contributed by atoms with E-state index in [9.17, 15) is 9.59 Å². The minimum atomic E-state index is -0.366. The molecule has 0 aliphatic rings. The van der Waals surface area contributed by atoms with E-state index in [1.54, 1.807) is 7.05 Å². The van der Waals surface area contributed by atoms with Gasteiger partial charge in [0.15, 0.2) is 0 Å². The lowest BCUT2D eigenvalue weighted by molar-refractivity contribution is -0.108. The summed E-state index contributed by atoms with van der Waals surface area (Å²) in [6.07, 6.45) is 1.94. The Bertz CT molecular complexity index is 488. The fourth-order valence-corrected chi connectivity index (χ4v) is 5.24. The summed E-state index contributed by atoms with van der Waals surface area (Å²) in [7, 11) is 1.28. The summed E-state index contributed by atoms with van der Waals surface area (Å²) in [5.74, 6) is 2.30. The summed E-state index contributed by atoms with van der Waals surface area (Å²) in [4.78, 5) is 22.6. The number of benzene rings is 1. The normalized spacial score (nSPS) is 13.4. The summed E-state index contributed by atoms with van der Waals surface area (Å²) >= 11 is 5.95. The molecule has 0 saturated heterocycles. The number of thiol groups is 1. The van der Waals surface area contributed by atoms with E-state index in [1.165, 1.54) is 0 Å². The SMILES string of the molecule is CNC(=O)c1ccccc1CSCCP(C)N[C@H](C=O)CS. The molecule has 2 atom stereocenters. The molecule has 2 N–H and O–H groups in total. The van der Waals surface area contributed by atoms with Gasteiger partial charge in [0.1, 0.15) is 6.29 Å². The zero-order valence-corrected chi connectivity index (χ0v) is 15.5. The molecule has 0 radical (unpaired) electrons. The lowest BCUT2D eigenvalue weighted by Crippen LogP contribution is -2.28. The first-order valence-corrected chi connectivity index (χ1v) is 10.8. The third-order valence-electron chi connectivity index (χ3n) is 3.06. The van der Waals surface area contributed by atoms with E-state index in [0.29, 0.717) is 5.75 Å². The molecular formula is C15H23N2O2PS2. The average molecular weight is 358 g/mol. The molecule has 1 rings (SSSR count).